The number of aliphatic carboxylic acids is 1. The molecule has 0 aliphatic heterocycles. The second kappa shape index (κ2) is 6.35. The third-order valence-corrected chi connectivity index (χ3v) is 3.14. The molecule has 0 aliphatic rings. The van der Waals surface area contributed by atoms with Crippen molar-refractivity contribution in [3.63, 3.8) is 0 Å². The first kappa shape index (κ1) is 15.0. The minimum absolute atomic E-state index is 0.140. The van der Waals surface area contributed by atoms with Crippen LogP contribution in [-0.4, -0.2) is 17.6 Å². The first-order chi connectivity index (χ1) is 9.97. The molecule has 1 N–H and O–H groups in total. The van der Waals surface area contributed by atoms with Crippen LogP contribution in [0.15, 0.2) is 42.5 Å². The van der Waals surface area contributed by atoms with Crippen LogP contribution in [0.25, 0.3) is 0 Å². The van der Waals surface area contributed by atoms with Gasteiger partial charge < -0.3 is 10.0 Å². The zero-order valence-corrected chi connectivity index (χ0v) is 11.5. The molecule has 0 atom stereocenters. The molecule has 110 valence electrons. The number of nitrogens with zero attached hydrogens (tertiary/aromatic N) is 1. The van der Waals surface area contributed by atoms with Crippen molar-refractivity contribution in [3.8, 4) is 0 Å². The summed E-state index contributed by atoms with van der Waals surface area (Å²) in [5.74, 6) is -2.43. The summed E-state index contributed by atoms with van der Waals surface area (Å²) in [7, 11) is 0. The van der Waals surface area contributed by atoms with Crippen molar-refractivity contribution in [2.75, 3.05) is 11.4 Å². The Bertz CT molecular complexity index is 621. The summed E-state index contributed by atoms with van der Waals surface area (Å²) in [5.41, 5.74) is 1.48. The average Bonchev–Trinajstić information content (AvgIpc) is 2.42. The van der Waals surface area contributed by atoms with Crippen LogP contribution < -0.4 is 4.90 Å². The van der Waals surface area contributed by atoms with Crippen molar-refractivity contribution in [2.24, 2.45) is 0 Å². The minimum atomic E-state index is -1.06. The van der Waals surface area contributed by atoms with Crippen LogP contribution in [0.1, 0.15) is 11.1 Å². The Morgan fingerprint density at radius 2 is 1.67 bits per heavy atom. The van der Waals surface area contributed by atoms with Crippen LogP contribution in [-0.2, 0) is 11.3 Å². The van der Waals surface area contributed by atoms with E-state index in [0.29, 0.717) is 5.69 Å². The number of carbonyl (C=O) groups is 1. The molecule has 0 radical (unpaired) electrons. The van der Waals surface area contributed by atoms with Crippen molar-refractivity contribution in [1.82, 2.24) is 0 Å². The molecule has 2 aromatic carbocycles. The van der Waals surface area contributed by atoms with Gasteiger partial charge in [-0.2, -0.15) is 0 Å². The van der Waals surface area contributed by atoms with Gasteiger partial charge >= 0.3 is 5.97 Å². The Morgan fingerprint density at radius 1 is 1.10 bits per heavy atom. The van der Waals surface area contributed by atoms with Crippen molar-refractivity contribution in [3.05, 3.63) is 65.2 Å². The summed E-state index contributed by atoms with van der Waals surface area (Å²) in [5, 5.41) is 8.99. The lowest BCUT2D eigenvalue weighted by Gasteiger charge is -2.23. The van der Waals surface area contributed by atoms with Gasteiger partial charge in [0.05, 0.1) is 0 Å². The molecule has 0 amide bonds. The summed E-state index contributed by atoms with van der Waals surface area (Å²) in [6, 6.07) is 10.7. The predicted octanol–water partition coefficient (Wildman–Crippen LogP) is 3.36. The van der Waals surface area contributed by atoms with Gasteiger partial charge in [0, 0.05) is 17.8 Å². The molecular weight excluding hydrogens is 276 g/mol. The number of carboxylic acids is 1. The smallest absolute Gasteiger partial charge is 0.323 e. The number of hydrogen-bond acceptors (Lipinski definition) is 2. The van der Waals surface area contributed by atoms with Gasteiger partial charge in [-0.15, -0.1) is 0 Å². The summed E-state index contributed by atoms with van der Waals surface area (Å²) >= 11 is 0. The molecule has 2 rings (SSSR count). The van der Waals surface area contributed by atoms with E-state index in [9.17, 15) is 13.6 Å². The van der Waals surface area contributed by atoms with Gasteiger partial charge in [-0.1, -0.05) is 23.8 Å². The zero-order valence-electron chi connectivity index (χ0n) is 11.5. The second-order valence-corrected chi connectivity index (χ2v) is 4.79. The van der Waals surface area contributed by atoms with E-state index in [1.54, 1.807) is 12.1 Å². The van der Waals surface area contributed by atoms with Crippen molar-refractivity contribution < 1.29 is 18.7 Å². The first-order valence-corrected chi connectivity index (χ1v) is 6.43. The number of benzene rings is 2. The molecule has 2 aromatic rings. The van der Waals surface area contributed by atoms with Gasteiger partial charge in [0.15, 0.2) is 0 Å². The normalized spacial score (nSPS) is 10.4. The third kappa shape index (κ3) is 3.78. The number of aryl methyl sites for hydroxylation is 1. The molecule has 0 aromatic heterocycles. The Hall–Kier alpha value is -2.43. The molecule has 3 nitrogen and oxygen atoms in total. The van der Waals surface area contributed by atoms with E-state index >= 15 is 0 Å². The monoisotopic (exact) mass is 291 g/mol. The van der Waals surface area contributed by atoms with E-state index in [2.05, 4.69) is 0 Å². The van der Waals surface area contributed by atoms with E-state index in [1.165, 1.54) is 11.0 Å². The first-order valence-electron chi connectivity index (χ1n) is 6.43. The summed E-state index contributed by atoms with van der Waals surface area (Å²) in [6.07, 6.45) is 0. The lowest BCUT2D eigenvalue weighted by Crippen LogP contribution is -2.30. The molecule has 21 heavy (non-hydrogen) atoms. The Balaban J connectivity index is 2.32. The van der Waals surface area contributed by atoms with Gasteiger partial charge in [0.1, 0.15) is 18.2 Å². The van der Waals surface area contributed by atoms with Crippen LogP contribution in [0.4, 0.5) is 14.5 Å². The molecule has 0 heterocycles. The molecule has 0 bridgehead atoms. The van der Waals surface area contributed by atoms with Crippen LogP contribution in [0.2, 0.25) is 0 Å². The highest BCUT2D eigenvalue weighted by molar-refractivity contribution is 5.73. The number of rotatable bonds is 5. The highest BCUT2D eigenvalue weighted by Crippen LogP contribution is 2.21. The number of halogens is 2. The molecule has 0 spiro atoms. The third-order valence-electron chi connectivity index (χ3n) is 3.14. The summed E-state index contributed by atoms with van der Waals surface area (Å²) < 4.78 is 27.4. The number of carboxylic acid groups (broad SMARTS) is 1. The van der Waals surface area contributed by atoms with Gasteiger partial charge in [0.2, 0.25) is 0 Å². The standard InChI is InChI=1S/C16H15F2NO2/c1-11-5-7-12(8-6-11)19(10-16(20)21)9-13-14(17)3-2-4-15(13)18/h2-8H,9-10H2,1H3,(H,20,21). The maximum Gasteiger partial charge on any atom is 0.323 e. The summed E-state index contributed by atoms with van der Waals surface area (Å²) in [4.78, 5) is 12.4. The van der Waals surface area contributed by atoms with E-state index in [0.717, 1.165) is 17.7 Å². The van der Waals surface area contributed by atoms with Gasteiger partial charge in [-0.05, 0) is 31.2 Å². The van der Waals surface area contributed by atoms with Crippen molar-refractivity contribution >= 4 is 11.7 Å². The highest BCUT2D eigenvalue weighted by Gasteiger charge is 2.16. The fourth-order valence-corrected chi connectivity index (χ4v) is 2.03. The Kier molecular flexibility index (Phi) is 4.52. The fraction of sp³-hybridized carbons (Fsp3) is 0.188. The molecule has 0 unspecified atom stereocenters. The van der Waals surface area contributed by atoms with Gasteiger partial charge in [-0.25, -0.2) is 8.78 Å². The van der Waals surface area contributed by atoms with Crippen LogP contribution in [0.3, 0.4) is 0 Å². The average molecular weight is 291 g/mol. The van der Waals surface area contributed by atoms with Gasteiger partial charge in [0.25, 0.3) is 0 Å². The highest BCUT2D eigenvalue weighted by atomic mass is 19.1. The van der Waals surface area contributed by atoms with Crippen molar-refractivity contribution in [1.29, 1.82) is 0 Å². The topological polar surface area (TPSA) is 40.5 Å². The lowest BCUT2D eigenvalue weighted by atomic mass is 10.1. The molecular formula is C16H15F2NO2. The number of anilines is 1. The van der Waals surface area contributed by atoms with Crippen LogP contribution >= 0.6 is 0 Å². The summed E-state index contributed by atoms with van der Waals surface area (Å²) in [6.45, 7) is 1.42. The molecule has 0 saturated carbocycles. The maximum atomic E-state index is 13.7. The second-order valence-electron chi connectivity index (χ2n) is 4.79. The molecule has 0 aliphatic carbocycles. The van der Waals surface area contributed by atoms with Crippen LogP contribution in [0, 0.1) is 18.6 Å². The SMILES string of the molecule is Cc1ccc(N(CC(=O)O)Cc2c(F)cccc2F)cc1. The Morgan fingerprint density at radius 3 is 2.19 bits per heavy atom. The Labute approximate surface area is 121 Å². The van der Waals surface area contributed by atoms with Crippen LogP contribution in [0.5, 0.6) is 0 Å². The van der Waals surface area contributed by atoms with Crippen molar-refractivity contribution in [2.45, 2.75) is 13.5 Å². The van der Waals surface area contributed by atoms with Gasteiger partial charge in [-0.3, -0.25) is 4.79 Å². The largest absolute Gasteiger partial charge is 0.480 e. The zero-order chi connectivity index (χ0) is 15.4. The molecule has 5 heteroatoms. The van der Waals surface area contributed by atoms with E-state index in [-0.39, 0.29) is 18.7 Å². The molecule has 0 saturated heterocycles. The molecule has 0 fully saturated rings. The van der Waals surface area contributed by atoms with E-state index in [4.69, 9.17) is 5.11 Å². The van der Waals surface area contributed by atoms with E-state index in [1.807, 2.05) is 19.1 Å². The number of hydrogen-bond donors (Lipinski definition) is 1. The minimum Gasteiger partial charge on any atom is -0.480 e. The van der Waals surface area contributed by atoms with E-state index < -0.39 is 17.6 Å². The quantitative estimate of drug-likeness (QED) is 0.918. The fourth-order valence-electron chi connectivity index (χ4n) is 2.03. The predicted molar refractivity (Wildman–Crippen MR) is 76.2 cm³/mol. The lowest BCUT2D eigenvalue weighted by molar-refractivity contribution is -0.135. The maximum absolute atomic E-state index is 13.7.